The van der Waals surface area contributed by atoms with Gasteiger partial charge in [0.15, 0.2) is 5.82 Å². The topological polar surface area (TPSA) is 30.7 Å². The van der Waals surface area contributed by atoms with E-state index in [9.17, 15) is 17.6 Å². The van der Waals surface area contributed by atoms with Gasteiger partial charge in [0.2, 0.25) is 0 Å². The van der Waals surface area contributed by atoms with Crippen LogP contribution in [0, 0.1) is 5.82 Å². The number of hydrogen-bond donors (Lipinski definition) is 0. The van der Waals surface area contributed by atoms with Crippen LogP contribution >= 0.6 is 22.9 Å². The van der Waals surface area contributed by atoms with E-state index in [1.165, 1.54) is 11.3 Å². The number of alkyl halides is 3. The lowest BCUT2D eigenvalue weighted by molar-refractivity contribution is -0.137. The van der Waals surface area contributed by atoms with Crippen molar-refractivity contribution in [3.05, 3.63) is 69.3 Å². The fourth-order valence-electron chi connectivity index (χ4n) is 2.88. The predicted molar refractivity (Wildman–Crippen MR) is 96.4 cm³/mol. The quantitative estimate of drug-likeness (QED) is 0.386. The molecule has 0 amide bonds. The summed E-state index contributed by atoms with van der Waals surface area (Å²) in [6.07, 6.45) is -4.63. The third kappa shape index (κ3) is 3.42. The Hall–Kier alpha value is -2.45. The van der Waals surface area contributed by atoms with Gasteiger partial charge in [-0.05, 0) is 35.9 Å². The molecule has 2 aromatic carbocycles. The maximum Gasteiger partial charge on any atom is 0.416 e. The molecule has 0 spiro atoms. The van der Waals surface area contributed by atoms with Gasteiger partial charge < -0.3 is 4.57 Å². The van der Waals surface area contributed by atoms with E-state index >= 15 is 0 Å². The number of rotatable bonds is 3. The number of halogens is 5. The van der Waals surface area contributed by atoms with Crippen molar-refractivity contribution in [2.45, 2.75) is 12.7 Å². The molecule has 9 heteroatoms. The summed E-state index contributed by atoms with van der Waals surface area (Å²) in [6, 6.07) is 7.65. The summed E-state index contributed by atoms with van der Waals surface area (Å²) >= 11 is 7.58. The van der Waals surface area contributed by atoms with E-state index in [0.717, 1.165) is 12.1 Å². The summed E-state index contributed by atoms with van der Waals surface area (Å²) in [5.41, 5.74) is 2.47. The Morgan fingerprint density at radius 2 is 1.96 bits per heavy atom. The molecule has 0 aliphatic carbocycles. The first-order chi connectivity index (χ1) is 12.8. The number of hydrogen-bond acceptors (Lipinski definition) is 3. The second kappa shape index (κ2) is 6.61. The fraction of sp³-hybridized carbons (Fsp3) is 0.111. The monoisotopic (exact) mass is 411 g/mol. The Balaban J connectivity index is 1.88. The molecule has 2 aromatic heterocycles. The van der Waals surface area contributed by atoms with Gasteiger partial charge >= 0.3 is 6.18 Å². The van der Waals surface area contributed by atoms with Gasteiger partial charge in [-0.15, -0.1) is 11.3 Å². The minimum atomic E-state index is -4.63. The number of imidazole rings is 1. The zero-order valence-corrected chi connectivity index (χ0v) is 15.0. The van der Waals surface area contributed by atoms with E-state index < -0.39 is 17.6 Å². The molecule has 0 aliphatic rings. The summed E-state index contributed by atoms with van der Waals surface area (Å²) in [5, 5.41) is 2.19. The van der Waals surface area contributed by atoms with Gasteiger partial charge in [0, 0.05) is 11.9 Å². The molecule has 2 heterocycles. The predicted octanol–water partition coefficient (Wildman–Crippen LogP) is 6.02. The Bertz CT molecular complexity index is 1120. The molecule has 4 rings (SSSR count). The van der Waals surface area contributed by atoms with Gasteiger partial charge in [-0.3, -0.25) is 0 Å². The van der Waals surface area contributed by atoms with Gasteiger partial charge in [0.05, 0.1) is 21.6 Å². The molecule has 0 aliphatic heterocycles. The number of thiazole rings is 1. The highest BCUT2D eigenvalue weighted by Gasteiger charge is 2.31. The number of nitrogens with zero attached hydrogens (tertiary/aromatic N) is 3. The van der Waals surface area contributed by atoms with Crippen molar-refractivity contribution in [1.29, 1.82) is 0 Å². The van der Waals surface area contributed by atoms with Crippen molar-refractivity contribution in [1.82, 2.24) is 14.5 Å². The number of benzene rings is 2. The summed E-state index contributed by atoms with van der Waals surface area (Å²) < 4.78 is 54.5. The molecule has 27 heavy (non-hydrogen) atoms. The third-order valence-corrected chi connectivity index (χ3v) is 4.91. The van der Waals surface area contributed by atoms with Crippen LogP contribution in [0.1, 0.15) is 11.1 Å². The van der Waals surface area contributed by atoms with Crippen LogP contribution in [0.2, 0.25) is 5.02 Å². The van der Waals surface area contributed by atoms with Gasteiger partial charge in [0.25, 0.3) is 0 Å². The molecule has 3 nitrogen and oxygen atoms in total. The molecule has 0 radical (unpaired) electrons. The van der Waals surface area contributed by atoms with Crippen LogP contribution in [0.15, 0.2) is 47.3 Å². The summed E-state index contributed by atoms with van der Waals surface area (Å²) in [6.45, 7) is -0.00938. The zero-order valence-electron chi connectivity index (χ0n) is 13.5. The lowest BCUT2D eigenvalue weighted by atomic mass is 10.1. The van der Waals surface area contributed by atoms with Crippen molar-refractivity contribution in [2.75, 3.05) is 0 Å². The zero-order chi connectivity index (χ0) is 19.2. The Morgan fingerprint density at radius 3 is 2.67 bits per heavy atom. The fourth-order valence-corrected chi connectivity index (χ4v) is 3.62. The second-order valence-corrected chi connectivity index (χ2v) is 6.97. The Labute approximate surface area is 159 Å². The molecule has 0 bridgehead atoms. The average Bonchev–Trinajstić information content (AvgIpc) is 3.23. The summed E-state index contributed by atoms with van der Waals surface area (Å²) in [4.78, 5) is 8.73. The Kier molecular flexibility index (Phi) is 4.39. The average molecular weight is 412 g/mol. The first-order valence-electron chi connectivity index (χ1n) is 7.73. The molecule has 0 atom stereocenters. The van der Waals surface area contributed by atoms with Crippen LogP contribution in [0.25, 0.3) is 22.6 Å². The molecule has 0 saturated heterocycles. The van der Waals surface area contributed by atoms with E-state index in [4.69, 9.17) is 11.6 Å². The highest BCUT2D eigenvalue weighted by molar-refractivity contribution is 7.07. The van der Waals surface area contributed by atoms with Crippen LogP contribution in [0.4, 0.5) is 17.6 Å². The van der Waals surface area contributed by atoms with Crippen LogP contribution in [0.5, 0.6) is 0 Å². The molecule has 138 valence electrons. The second-order valence-electron chi connectivity index (χ2n) is 5.85. The lowest BCUT2D eigenvalue weighted by Crippen LogP contribution is -2.08. The first-order valence-corrected chi connectivity index (χ1v) is 9.05. The third-order valence-electron chi connectivity index (χ3n) is 4.02. The van der Waals surface area contributed by atoms with Gasteiger partial charge in [-0.2, -0.15) is 13.2 Å². The minimum Gasteiger partial charge on any atom is -0.318 e. The first kappa shape index (κ1) is 17.9. The van der Waals surface area contributed by atoms with Crippen molar-refractivity contribution >= 4 is 34.0 Å². The number of fused-ring (bicyclic) bond motifs is 1. The van der Waals surface area contributed by atoms with Crippen LogP contribution in [-0.4, -0.2) is 14.5 Å². The van der Waals surface area contributed by atoms with E-state index in [2.05, 4.69) is 9.97 Å². The molecular weight excluding hydrogens is 402 g/mol. The van der Waals surface area contributed by atoms with Gasteiger partial charge in [0.1, 0.15) is 17.0 Å². The van der Waals surface area contributed by atoms with Crippen molar-refractivity contribution in [3.8, 4) is 11.5 Å². The van der Waals surface area contributed by atoms with E-state index in [0.29, 0.717) is 33.6 Å². The maximum absolute atomic E-state index is 13.8. The highest BCUT2D eigenvalue weighted by Crippen LogP contribution is 2.33. The van der Waals surface area contributed by atoms with Gasteiger partial charge in [-0.25, -0.2) is 14.4 Å². The largest absolute Gasteiger partial charge is 0.416 e. The minimum absolute atomic E-state index is 0.00938. The molecule has 0 unspecified atom stereocenters. The normalized spacial score (nSPS) is 12.0. The van der Waals surface area contributed by atoms with E-state index in [1.807, 2.05) is 0 Å². The molecule has 0 fully saturated rings. The molecular formula is C18H10ClF4N3S. The van der Waals surface area contributed by atoms with Crippen molar-refractivity contribution < 1.29 is 17.6 Å². The van der Waals surface area contributed by atoms with Crippen LogP contribution in [0.3, 0.4) is 0 Å². The molecule has 0 saturated carbocycles. The maximum atomic E-state index is 13.8. The number of aromatic nitrogens is 3. The van der Waals surface area contributed by atoms with Crippen molar-refractivity contribution in [3.63, 3.8) is 0 Å². The van der Waals surface area contributed by atoms with Crippen molar-refractivity contribution in [2.24, 2.45) is 0 Å². The van der Waals surface area contributed by atoms with Crippen LogP contribution in [-0.2, 0) is 12.7 Å². The van der Waals surface area contributed by atoms with Crippen LogP contribution < -0.4 is 0 Å². The smallest absolute Gasteiger partial charge is 0.318 e. The highest BCUT2D eigenvalue weighted by atomic mass is 35.5. The Morgan fingerprint density at radius 1 is 1.15 bits per heavy atom. The summed E-state index contributed by atoms with van der Waals surface area (Å²) in [7, 11) is 0. The van der Waals surface area contributed by atoms with E-state index in [1.54, 1.807) is 33.7 Å². The molecule has 4 aromatic rings. The standard InChI is InChI=1S/C18H10ClF4N3S/c19-13-2-1-3-15-16(13)25-17(14-8-27-9-24-14)26(15)7-10-4-11(18(21,22)23)6-12(20)5-10/h1-6,8-9H,7H2. The summed E-state index contributed by atoms with van der Waals surface area (Å²) in [5.74, 6) is -0.491. The van der Waals surface area contributed by atoms with Gasteiger partial charge in [-0.1, -0.05) is 17.7 Å². The SMILES string of the molecule is Fc1cc(Cn2c(-c3cscn3)nc3c(Cl)cccc32)cc(C(F)(F)F)c1. The lowest BCUT2D eigenvalue weighted by Gasteiger charge is -2.12. The molecule has 0 N–H and O–H groups in total. The number of para-hydroxylation sites is 1. The van der Waals surface area contributed by atoms with E-state index in [-0.39, 0.29) is 12.1 Å².